The average Bonchev–Trinajstić information content (AvgIpc) is 3.24. The summed E-state index contributed by atoms with van der Waals surface area (Å²) in [5, 5.41) is 14.2. The van der Waals surface area contributed by atoms with Gasteiger partial charge in [-0.2, -0.15) is 0 Å². The van der Waals surface area contributed by atoms with E-state index in [1.807, 2.05) is 48.5 Å². The zero-order chi connectivity index (χ0) is 23.4. The summed E-state index contributed by atoms with van der Waals surface area (Å²) in [5.74, 6) is -0.156. The van der Waals surface area contributed by atoms with Crippen molar-refractivity contribution in [2.45, 2.75) is 13.1 Å². The number of rotatable bonds is 8. The second-order valence-corrected chi connectivity index (χ2v) is 7.35. The lowest BCUT2D eigenvalue weighted by molar-refractivity contribution is -0.385. The van der Waals surface area contributed by atoms with E-state index in [1.54, 1.807) is 6.33 Å². The van der Waals surface area contributed by atoms with E-state index < -0.39 is 10.8 Å². The second-order valence-electron chi connectivity index (χ2n) is 7.35. The number of carbonyl (C=O) groups excluding carboxylic acids is 1. The number of para-hydroxylation sites is 2. The van der Waals surface area contributed by atoms with Crippen molar-refractivity contribution in [2.24, 2.45) is 0 Å². The summed E-state index contributed by atoms with van der Waals surface area (Å²) >= 11 is 0. The van der Waals surface area contributed by atoms with Crippen LogP contribution in [0.5, 0.6) is 11.5 Å². The molecule has 0 unspecified atom stereocenters. The van der Waals surface area contributed by atoms with Gasteiger partial charge >= 0.3 is 0 Å². The molecule has 0 aliphatic rings. The highest BCUT2D eigenvalue weighted by atomic mass is 16.6. The number of carbonyl (C=O) groups is 1. The van der Waals surface area contributed by atoms with Crippen molar-refractivity contribution in [3.8, 4) is 11.5 Å². The van der Waals surface area contributed by atoms with Crippen LogP contribution in [0.25, 0.3) is 11.0 Å². The first-order valence-electron chi connectivity index (χ1n) is 10.2. The van der Waals surface area contributed by atoms with E-state index in [0.29, 0.717) is 6.54 Å². The van der Waals surface area contributed by atoms with Gasteiger partial charge in [-0.15, -0.1) is 0 Å². The number of methoxy groups -OCH3 is 2. The largest absolute Gasteiger partial charge is 0.493 e. The fraction of sp³-hybridized carbons (Fsp3) is 0.167. The normalized spacial score (nSPS) is 10.7. The molecule has 1 heterocycles. The molecule has 0 aliphatic heterocycles. The number of nitro groups is 1. The third-order valence-corrected chi connectivity index (χ3v) is 5.27. The van der Waals surface area contributed by atoms with E-state index in [-0.39, 0.29) is 29.3 Å². The number of hydrogen-bond donors (Lipinski definition) is 1. The molecule has 1 amide bonds. The predicted molar refractivity (Wildman–Crippen MR) is 123 cm³/mol. The third-order valence-electron chi connectivity index (χ3n) is 5.27. The van der Waals surface area contributed by atoms with Crippen LogP contribution in [0.15, 0.2) is 67.0 Å². The molecule has 4 rings (SSSR count). The molecule has 168 valence electrons. The fourth-order valence-corrected chi connectivity index (χ4v) is 3.65. The topological polar surface area (TPSA) is 109 Å². The van der Waals surface area contributed by atoms with Gasteiger partial charge in [0.15, 0.2) is 11.5 Å². The molecule has 9 heteroatoms. The molecular formula is C24H22N4O5. The lowest BCUT2D eigenvalue weighted by Gasteiger charge is -2.11. The van der Waals surface area contributed by atoms with E-state index in [2.05, 4.69) is 14.9 Å². The summed E-state index contributed by atoms with van der Waals surface area (Å²) in [6.45, 7) is 0.840. The quantitative estimate of drug-likeness (QED) is 0.324. The molecule has 0 saturated heterocycles. The van der Waals surface area contributed by atoms with Crippen molar-refractivity contribution in [3.63, 3.8) is 0 Å². The Morgan fingerprint density at radius 3 is 2.52 bits per heavy atom. The highest BCUT2D eigenvalue weighted by Crippen LogP contribution is 2.34. The Labute approximate surface area is 189 Å². The summed E-state index contributed by atoms with van der Waals surface area (Å²) in [6.07, 6.45) is 1.80. The van der Waals surface area contributed by atoms with Crippen LogP contribution >= 0.6 is 0 Å². The first kappa shape index (κ1) is 21.8. The molecule has 0 fully saturated rings. The molecule has 33 heavy (non-hydrogen) atoms. The Morgan fingerprint density at radius 2 is 1.76 bits per heavy atom. The van der Waals surface area contributed by atoms with Crippen molar-refractivity contribution in [3.05, 3.63) is 93.8 Å². The maximum Gasteiger partial charge on any atom is 0.286 e. The van der Waals surface area contributed by atoms with Crippen molar-refractivity contribution in [1.82, 2.24) is 14.9 Å². The summed E-state index contributed by atoms with van der Waals surface area (Å²) in [4.78, 5) is 28.0. The smallest absolute Gasteiger partial charge is 0.286 e. The Hall–Kier alpha value is -4.40. The van der Waals surface area contributed by atoms with E-state index >= 15 is 0 Å². The first-order chi connectivity index (χ1) is 16.0. The number of hydrogen-bond acceptors (Lipinski definition) is 6. The van der Waals surface area contributed by atoms with Crippen LogP contribution in [-0.2, 0) is 13.1 Å². The molecule has 1 aromatic heterocycles. The van der Waals surface area contributed by atoms with Crippen LogP contribution in [-0.4, -0.2) is 34.6 Å². The Morgan fingerprint density at radius 1 is 1.03 bits per heavy atom. The molecule has 4 aromatic rings. The minimum atomic E-state index is -0.618. The highest BCUT2D eigenvalue weighted by Gasteiger charge is 2.24. The molecule has 0 atom stereocenters. The van der Waals surface area contributed by atoms with Crippen molar-refractivity contribution in [1.29, 1.82) is 0 Å². The molecule has 0 radical (unpaired) electrons. The van der Waals surface area contributed by atoms with Crippen LogP contribution in [0.1, 0.15) is 21.5 Å². The van der Waals surface area contributed by atoms with Gasteiger partial charge in [-0.3, -0.25) is 14.9 Å². The number of fused-ring (bicyclic) bond motifs is 1. The third kappa shape index (κ3) is 4.62. The van der Waals surface area contributed by atoms with Crippen molar-refractivity contribution < 1.29 is 19.2 Å². The lowest BCUT2D eigenvalue weighted by Crippen LogP contribution is -2.24. The lowest BCUT2D eigenvalue weighted by atomic mass is 10.1. The molecule has 0 aliphatic carbocycles. The summed E-state index contributed by atoms with van der Waals surface area (Å²) in [6, 6.07) is 18.2. The number of ether oxygens (including phenoxy) is 2. The Bertz CT molecular complexity index is 1330. The number of nitrogens with zero attached hydrogens (tertiary/aromatic N) is 3. The number of nitro benzene ring substituents is 1. The van der Waals surface area contributed by atoms with Gasteiger partial charge in [0, 0.05) is 19.2 Å². The molecule has 0 spiro atoms. The predicted octanol–water partition coefficient (Wildman–Crippen LogP) is 3.94. The fourth-order valence-electron chi connectivity index (χ4n) is 3.65. The van der Waals surface area contributed by atoms with Gasteiger partial charge in [-0.25, -0.2) is 4.98 Å². The van der Waals surface area contributed by atoms with Gasteiger partial charge < -0.3 is 19.4 Å². The highest BCUT2D eigenvalue weighted by molar-refractivity contribution is 5.99. The maximum absolute atomic E-state index is 12.8. The average molecular weight is 446 g/mol. The molecule has 3 aromatic carbocycles. The van der Waals surface area contributed by atoms with Crippen LogP contribution < -0.4 is 14.8 Å². The first-order valence-corrected chi connectivity index (χ1v) is 10.2. The minimum Gasteiger partial charge on any atom is -0.493 e. The number of nitrogens with one attached hydrogen (secondary N) is 1. The number of benzene rings is 3. The maximum atomic E-state index is 12.8. The van der Waals surface area contributed by atoms with Gasteiger partial charge in [0.1, 0.15) is 5.56 Å². The van der Waals surface area contributed by atoms with Gasteiger partial charge in [-0.05, 0) is 23.3 Å². The summed E-state index contributed by atoms with van der Waals surface area (Å²) < 4.78 is 12.3. The van der Waals surface area contributed by atoms with Crippen LogP contribution in [0, 0.1) is 10.1 Å². The SMILES string of the molecule is COc1cc(C(=O)NCc2cccc(Cn3cnc4ccccc43)c2)c([N+](=O)[O-])cc1OC. The monoisotopic (exact) mass is 446 g/mol. The zero-order valence-electron chi connectivity index (χ0n) is 18.1. The van der Waals surface area contributed by atoms with E-state index in [1.165, 1.54) is 26.4 Å². The zero-order valence-corrected chi connectivity index (χ0v) is 18.1. The Balaban J connectivity index is 1.51. The molecule has 0 saturated carbocycles. The standard InChI is InChI=1S/C24H22N4O5/c1-32-22-11-18(21(28(30)31)12-23(22)33-2)24(29)25-13-16-6-5-7-17(10-16)14-27-15-26-19-8-3-4-9-20(19)27/h3-12,15H,13-14H2,1-2H3,(H,25,29). The summed E-state index contributed by atoms with van der Waals surface area (Å²) in [5.41, 5.74) is 3.43. The van der Waals surface area contributed by atoms with Gasteiger partial charge in [0.05, 0.1) is 42.6 Å². The van der Waals surface area contributed by atoms with Crippen molar-refractivity contribution >= 4 is 22.6 Å². The molecule has 9 nitrogen and oxygen atoms in total. The van der Waals surface area contributed by atoms with Gasteiger partial charge in [-0.1, -0.05) is 36.4 Å². The number of aromatic nitrogens is 2. The van der Waals surface area contributed by atoms with E-state index in [4.69, 9.17) is 9.47 Å². The van der Waals surface area contributed by atoms with E-state index in [0.717, 1.165) is 22.2 Å². The number of imidazole rings is 1. The number of amides is 1. The molecule has 0 bridgehead atoms. The molecule has 1 N–H and O–H groups in total. The summed E-state index contributed by atoms with van der Waals surface area (Å²) in [7, 11) is 2.78. The Kier molecular flexibility index (Phi) is 6.21. The van der Waals surface area contributed by atoms with E-state index in [9.17, 15) is 14.9 Å². The minimum absolute atomic E-state index is 0.0984. The van der Waals surface area contributed by atoms with Gasteiger partial charge in [0.25, 0.3) is 11.6 Å². The second kappa shape index (κ2) is 9.39. The van der Waals surface area contributed by atoms with Crippen molar-refractivity contribution in [2.75, 3.05) is 14.2 Å². The molecular weight excluding hydrogens is 424 g/mol. The van der Waals surface area contributed by atoms with Gasteiger partial charge in [0.2, 0.25) is 0 Å². The van der Waals surface area contributed by atoms with Crippen LogP contribution in [0.3, 0.4) is 0 Å². The van der Waals surface area contributed by atoms with Crippen LogP contribution in [0.4, 0.5) is 5.69 Å². The van der Waals surface area contributed by atoms with Crippen LogP contribution in [0.2, 0.25) is 0 Å².